The Morgan fingerprint density at radius 1 is 1.32 bits per heavy atom. The molecule has 2 rings (SSSR count). The fourth-order valence-electron chi connectivity index (χ4n) is 1.67. The highest BCUT2D eigenvalue weighted by molar-refractivity contribution is 7.13. The first-order valence-corrected chi connectivity index (χ1v) is 7.67. The van der Waals surface area contributed by atoms with Gasteiger partial charge in [-0.05, 0) is 31.2 Å². The Balaban J connectivity index is 1.74. The first kappa shape index (κ1) is 16.1. The number of nitrogens with one attached hydrogen (secondary N) is 1. The van der Waals surface area contributed by atoms with E-state index in [4.69, 9.17) is 9.47 Å². The number of rotatable bonds is 6. The number of likely N-dealkylation sites (N-methyl/N-ethyl adjacent to an activating group) is 1. The summed E-state index contributed by atoms with van der Waals surface area (Å²) in [6, 6.07) is 7.12. The lowest BCUT2D eigenvalue weighted by Gasteiger charge is -2.17. The zero-order chi connectivity index (χ0) is 15.9. The van der Waals surface area contributed by atoms with E-state index < -0.39 is 0 Å². The lowest BCUT2D eigenvalue weighted by molar-refractivity contribution is 0.207. The Morgan fingerprint density at radius 3 is 2.59 bits per heavy atom. The van der Waals surface area contributed by atoms with Crippen molar-refractivity contribution in [3.8, 4) is 11.5 Å². The van der Waals surface area contributed by atoms with Crippen LogP contribution in [0.25, 0.3) is 0 Å². The molecule has 7 heteroatoms. The van der Waals surface area contributed by atoms with Gasteiger partial charge in [-0.15, -0.1) is 11.3 Å². The zero-order valence-electron chi connectivity index (χ0n) is 12.8. The number of aromatic nitrogens is 1. The van der Waals surface area contributed by atoms with Gasteiger partial charge in [-0.3, -0.25) is 5.32 Å². The van der Waals surface area contributed by atoms with Crippen molar-refractivity contribution >= 4 is 22.5 Å². The van der Waals surface area contributed by atoms with Gasteiger partial charge in [-0.25, -0.2) is 9.78 Å². The van der Waals surface area contributed by atoms with E-state index in [9.17, 15) is 4.79 Å². The highest BCUT2D eigenvalue weighted by atomic mass is 32.1. The van der Waals surface area contributed by atoms with Gasteiger partial charge in [0.2, 0.25) is 0 Å². The normalized spacial score (nSPS) is 10.1. The van der Waals surface area contributed by atoms with Crippen LogP contribution in [-0.4, -0.2) is 43.2 Å². The topological polar surface area (TPSA) is 63.7 Å². The van der Waals surface area contributed by atoms with Crippen LogP contribution in [0, 0.1) is 6.92 Å². The number of methoxy groups -OCH3 is 1. The molecule has 1 heterocycles. The number of carbonyl (C=O) groups is 1. The summed E-state index contributed by atoms with van der Waals surface area (Å²) in [4.78, 5) is 17.7. The summed E-state index contributed by atoms with van der Waals surface area (Å²) in [6.07, 6.45) is 0. The molecule has 118 valence electrons. The molecule has 0 aliphatic carbocycles. The van der Waals surface area contributed by atoms with Crippen LogP contribution in [-0.2, 0) is 0 Å². The molecule has 0 bridgehead atoms. The maximum Gasteiger partial charge on any atom is 0.323 e. The summed E-state index contributed by atoms with van der Waals surface area (Å²) in [6.45, 7) is 2.77. The van der Waals surface area contributed by atoms with E-state index in [1.165, 1.54) is 11.3 Å². The molecule has 22 heavy (non-hydrogen) atoms. The second-order valence-corrected chi connectivity index (χ2v) is 5.53. The molecular weight excluding hydrogens is 302 g/mol. The predicted octanol–water partition coefficient (Wildman–Crippen LogP) is 3.00. The molecule has 0 unspecified atom stereocenters. The summed E-state index contributed by atoms with van der Waals surface area (Å²) < 4.78 is 10.7. The van der Waals surface area contributed by atoms with Crippen molar-refractivity contribution in [1.29, 1.82) is 0 Å². The van der Waals surface area contributed by atoms with Gasteiger partial charge in [0.05, 0.1) is 19.3 Å². The van der Waals surface area contributed by atoms with Crippen molar-refractivity contribution in [2.45, 2.75) is 6.92 Å². The summed E-state index contributed by atoms with van der Waals surface area (Å²) >= 11 is 1.41. The lowest BCUT2D eigenvalue weighted by Crippen LogP contribution is -2.34. The zero-order valence-corrected chi connectivity index (χ0v) is 13.6. The molecule has 0 atom stereocenters. The summed E-state index contributed by atoms with van der Waals surface area (Å²) in [5.74, 6) is 1.52. The van der Waals surface area contributed by atoms with E-state index >= 15 is 0 Å². The van der Waals surface area contributed by atoms with Gasteiger partial charge in [0.25, 0.3) is 0 Å². The van der Waals surface area contributed by atoms with Crippen LogP contribution in [0.3, 0.4) is 0 Å². The molecule has 0 aliphatic heterocycles. The minimum absolute atomic E-state index is 0.201. The number of urea groups is 1. The van der Waals surface area contributed by atoms with Gasteiger partial charge in [-0.1, -0.05) is 0 Å². The first-order chi connectivity index (χ1) is 10.6. The monoisotopic (exact) mass is 321 g/mol. The standard InChI is InChI=1S/C15H19N3O3S/c1-11-10-22-14(16-11)17-15(19)18(2)8-9-21-13-6-4-12(20-3)5-7-13/h4-7,10H,8-9H2,1-3H3,(H,16,17,19). The van der Waals surface area contributed by atoms with Crippen molar-refractivity contribution in [3.63, 3.8) is 0 Å². The van der Waals surface area contributed by atoms with Gasteiger partial charge in [0.1, 0.15) is 18.1 Å². The average Bonchev–Trinajstić information content (AvgIpc) is 2.93. The lowest BCUT2D eigenvalue weighted by atomic mass is 10.3. The van der Waals surface area contributed by atoms with Crippen LogP contribution in [0.5, 0.6) is 11.5 Å². The number of anilines is 1. The third-order valence-electron chi connectivity index (χ3n) is 2.93. The average molecular weight is 321 g/mol. The molecule has 0 saturated heterocycles. The number of carbonyl (C=O) groups excluding carboxylic acids is 1. The molecule has 1 N–H and O–H groups in total. The van der Waals surface area contributed by atoms with Crippen LogP contribution < -0.4 is 14.8 Å². The summed E-state index contributed by atoms with van der Waals surface area (Å²) in [7, 11) is 3.33. The molecule has 0 saturated carbocycles. The van der Waals surface area contributed by atoms with E-state index in [0.29, 0.717) is 18.3 Å². The molecule has 0 aliphatic rings. The van der Waals surface area contributed by atoms with Gasteiger partial charge >= 0.3 is 6.03 Å². The molecule has 1 aromatic heterocycles. The molecule has 0 spiro atoms. The smallest absolute Gasteiger partial charge is 0.323 e. The number of nitrogens with zero attached hydrogens (tertiary/aromatic N) is 2. The third kappa shape index (κ3) is 4.63. The Kier molecular flexibility index (Phi) is 5.60. The quantitative estimate of drug-likeness (QED) is 0.888. The largest absolute Gasteiger partial charge is 0.497 e. The number of hydrogen-bond acceptors (Lipinski definition) is 5. The van der Waals surface area contributed by atoms with Crippen molar-refractivity contribution in [2.75, 3.05) is 32.6 Å². The van der Waals surface area contributed by atoms with Crippen LogP contribution in [0.2, 0.25) is 0 Å². The summed E-state index contributed by atoms with van der Waals surface area (Å²) in [5.41, 5.74) is 0.894. The summed E-state index contributed by atoms with van der Waals surface area (Å²) in [5, 5.41) is 5.24. The van der Waals surface area contributed by atoms with E-state index in [-0.39, 0.29) is 6.03 Å². The number of aryl methyl sites for hydroxylation is 1. The second kappa shape index (κ2) is 7.65. The fourth-order valence-corrected chi connectivity index (χ4v) is 2.35. The van der Waals surface area contributed by atoms with Crippen LogP contribution in [0.1, 0.15) is 5.69 Å². The highest BCUT2D eigenvalue weighted by Crippen LogP contribution is 2.17. The maximum atomic E-state index is 12.0. The van der Waals surface area contributed by atoms with Gasteiger partial charge in [-0.2, -0.15) is 0 Å². The Bertz CT molecular complexity index is 613. The number of amides is 2. The Labute approximate surface area is 133 Å². The minimum Gasteiger partial charge on any atom is -0.497 e. The van der Waals surface area contributed by atoms with Crippen LogP contribution in [0.15, 0.2) is 29.6 Å². The number of thiazole rings is 1. The van der Waals surface area contributed by atoms with Gasteiger partial charge in [0.15, 0.2) is 5.13 Å². The highest BCUT2D eigenvalue weighted by Gasteiger charge is 2.10. The van der Waals surface area contributed by atoms with Crippen LogP contribution in [0.4, 0.5) is 9.93 Å². The number of ether oxygens (including phenoxy) is 2. The van der Waals surface area contributed by atoms with E-state index in [0.717, 1.165) is 17.2 Å². The molecule has 2 amide bonds. The van der Waals surface area contributed by atoms with Crippen molar-refractivity contribution < 1.29 is 14.3 Å². The molecular formula is C15H19N3O3S. The van der Waals surface area contributed by atoms with Gasteiger partial charge < -0.3 is 14.4 Å². The SMILES string of the molecule is COc1ccc(OCCN(C)C(=O)Nc2nc(C)cs2)cc1. The van der Waals surface area contributed by atoms with Crippen LogP contribution >= 0.6 is 11.3 Å². The van der Waals surface area contributed by atoms with Crippen molar-refractivity contribution in [3.05, 3.63) is 35.3 Å². The minimum atomic E-state index is -0.201. The number of benzene rings is 1. The molecule has 1 aromatic carbocycles. The Hall–Kier alpha value is -2.28. The fraction of sp³-hybridized carbons (Fsp3) is 0.333. The first-order valence-electron chi connectivity index (χ1n) is 6.79. The number of hydrogen-bond donors (Lipinski definition) is 1. The van der Waals surface area contributed by atoms with Crippen molar-refractivity contribution in [2.24, 2.45) is 0 Å². The second-order valence-electron chi connectivity index (χ2n) is 4.67. The molecule has 6 nitrogen and oxygen atoms in total. The predicted molar refractivity (Wildman–Crippen MR) is 87.0 cm³/mol. The van der Waals surface area contributed by atoms with Crippen molar-refractivity contribution in [1.82, 2.24) is 9.88 Å². The van der Waals surface area contributed by atoms with E-state index in [1.807, 2.05) is 36.6 Å². The molecule has 0 fully saturated rings. The molecule has 0 radical (unpaired) electrons. The van der Waals surface area contributed by atoms with E-state index in [2.05, 4.69) is 10.3 Å². The molecule has 2 aromatic rings. The third-order valence-corrected chi connectivity index (χ3v) is 3.81. The maximum absolute atomic E-state index is 12.0. The van der Waals surface area contributed by atoms with Gasteiger partial charge in [0, 0.05) is 12.4 Å². The van der Waals surface area contributed by atoms with E-state index in [1.54, 1.807) is 19.1 Å². The Morgan fingerprint density at radius 2 is 2.00 bits per heavy atom.